The van der Waals surface area contributed by atoms with Gasteiger partial charge in [0.25, 0.3) is 5.91 Å². The Morgan fingerprint density at radius 2 is 1.84 bits per heavy atom. The molecule has 0 aliphatic heterocycles. The number of nitrogens with one attached hydrogen (secondary N) is 3. The van der Waals surface area contributed by atoms with Crippen LogP contribution in [-0.2, 0) is 0 Å². The van der Waals surface area contributed by atoms with Crippen LogP contribution < -0.4 is 16.0 Å². The van der Waals surface area contributed by atoms with Crippen molar-refractivity contribution in [3.05, 3.63) is 48.3 Å². The van der Waals surface area contributed by atoms with E-state index in [1.165, 1.54) is 24.3 Å². The van der Waals surface area contributed by atoms with Gasteiger partial charge < -0.3 is 16.0 Å². The fourth-order valence-corrected chi connectivity index (χ4v) is 1.47. The molecule has 3 N–H and O–H groups in total. The summed E-state index contributed by atoms with van der Waals surface area (Å²) in [5.74, 6) is -0.608. The molecule has 0 fully saturated rings. The van der Waals surface area contributed by atoms with Crippen LogP contribution in [0.15, 0.2) is 36.9 Å². The van der Waals surface area contributed by atoms with Crippen LogP contribution >= 0.6 is 12.2 Å². The molecule has 0 saturated heterocycles. The Morgan fingerprint density at radius 3 is 2.47 bits per heavy atom. The standard InChI is InChI=1S/C13H16FN3OS/c1-2-7-16-13(19)17-9-8-15-12(18)10-3-5-11(14)6-4-10/h2-6H,1,7-9H2,(H,15,18)(H2,16,17,19). The van der Waals surface area contributed by atoms with Crippen molar-refractivity contribution in [2.24, 2.45) is 0 Å². The van der Waals surface area contributed by atoms with E-state index in [9.17, 15) is 9.18 Å². The molecule has 0 unspecified atom stereocenters. The van der Waals surface area contributed by atoms with Gasteiger partial charge in [0, 0.05) is 25.2 Å². The highest BCUT2D eigenvalue weighted by Crippen LogP contribution is 2.01. The predicted octanol–water partition coefficient (Wildman–Crippen LogP) is 1.21. The SMILES string of the molecule is C=CCNC(=S)NCCNC(=O)c1ccc(F)cc1. The van der Waals surface area contributed by atoms with E-state index in [2.05, 4.69) is 22.5 Å². The quantitative estimate of drug-likeness (QED) is 0.417. The smallest absolute Gasteiger partial charge is 0.251 e. The van der Waals surface area contributed by atoms with Gasteiger partial charge in [-0.2, -0.15) is 0 Å². The van der Waals surface area contributed by atoms with Crippen LogP contribution in [0.4, 0.5) is 4.39 Å². The Kier molecular flexibility index (Phi) is 6.52. The van der Waals surface area contributed by atoms with Gasteiger partial charge in [0.05, 0.1) is 0 Å². The number of benzene rings is 1. The number of halogens is 1. The van der Waals surface area contributed by atoms with Crippen molar-refractivity contribution in [1.29, 1.82) is 0 Å². The van der Waals surface area contributed by atoms with Gasteiger partial charge in [-0.1, -0.05) is 6.08 Å². The first kappa shape index (κ1) is 15.1. The number of thiocarbonyl (C=S) groups is 1. The topological polar surface area (TPSA) is 53.2 Å². The molecule has 0 atom stereocenters. The predicted molar refractivity (Wildman–Crippen MR) is 77.5 cm³/mol. The minimum Gasteiger partial charge on any atom is -0.361 e. The lowest BCUT2D eigenvalue weighted by molar-refractivity contribution is 0.0954. The minimum absolute atomic E-state index is 0.244. The Bertz CT molecular complexity index is 448. The summed E-state index contributed by atoms with van der Waals surface area (Å²) >= 11 is 4.98. The van der Waals surface area contributed by atoms with E-state index in [4.69, 9.17) is 12.2 Å². The molecule has 1 aromatic rings. The fraction of sp³-hybridized carbons (Fsp3) is 0.231. The number of hydrogen-bond acceptors (Lipinski definition) is 2. The molecule has 0 aliphatic rings. The number of hydrogen-bond donors (Lipinski definition) is 3. The first-order chi connectivity index (χ1) is 9.13. The highest BCUT2D eigenvalue weighted by atomic mass is 32.1. The number of rotatable bonds is 6. The lowest BCUT2D eigenvalue weighted by atomic mass is 10.2. The highest BCUT2D eigenvalue weighted by Gasteiger charge is 2.04. The lowest BCUT2D eigenvalue weighted by Gasteiger charge is -2.09. The second kappa shape index (κ2) is 8.20. The van der Waals surface area contributed by atoms with Crippen molar-refractivity contribution in [2.75, 3.05) is 19.6 Å². The average Bonchev–Trinajstić information content (AvgIpc) is 2.41. The van der Waals surface area contributed by atoms with Crippen LogP contribution in [0, 0.1) is 5.82 Å². The Balaban J connectivity index is 2.22. The molecule has 102 valence electrons. The van der Waals surface area contributed by atoms with E-state index in [1.54, 1.807) is 6.08 Å². The molecule has 0 radical (unpaired) electrons. The first-order valence-electron chi connectivity index (χ1n) is 5.80. The van der Waals surface area contributed by atoms with Crippen LogP contribution in [0.2, 0.25) is 0 Å². The summed E-state index contributed by atoms with van der Waals surface area (Å²) in [6.07, 6.45) is 1.70. The van der Waals surface area contributed by atoms with Crippen LogP contribution in [0.3, 0.4) is 0 Å². The Hall–Kier alpha value is -1.95. The zero-order chi connectivity index (χ0) is 14.1. The molecular weight excluding hydrogens is 265 g/mol. The van der Waals surface area contributed by atoms with Crippen molar-refractivity contribution >= 4 is 23.2 Å². The van der Waals surface area contributed by atoms with Crippen molar-refractivity contribution in [1.82, 2.24) is 16.0 Å². The zero-order valence-electron chi connectivity index (χ0n) is 10.4. The molecule has 0 aliphatic carbocycles. The van der Waals surface area contributed by atoms with Gasteiger partial charge >= 0.3 is 0 Å². The van der Waals surface area contributed by atoms with Gasteiger partial charge in [0.1, 0.15) is 5.82 Å². The molecule has 0 aromatic heterocycles. The average molecular weight is 281 g/mol. The van der Waals surface area contributed by atoms with E-state index in [1.807, 2.05) is 0 Å². The van der Waals surface area contributed by atoms with Crippen molar-refractivity contribution in [3.8, 4) is 0 Å². The lowest BCUT2D eigenvalue weighted by Crippen LogP contribution is -2.40. The number of carbonyl (C=O) groups excluding carboxylic acids is 1. The van der Waals surface area contributed by atoms with Gasteiger partial charge in [-0.05, 0) is 36.5 Å². The van der Waals surface area contributed by atoms with E-state index in [0.29, 0.717) is 30.3 Å². The van der Waals surface area contributed by atoms with E-state index in [-0.39, 0.29) is 11.7 Å². The molecule has 0 heterocycles. The van der Waals surface area contributed by atoms with Crippen molar-refractivity contribution in [3.63, 3.8) is 0 Å². The van der Waals surface area contributed by atoms with Crippen molar-refractivity contribution in [2.45, 2.75) is 0 Å². The summed E-state index contributed by atoms with van der Waals surface area (Å²) in [6.45, 7) is 5.08. The van der Waals surface area contributed by atoms with Gasteiger partial charge in [-0.15, -0.1) is 6.58 Å². The van der Waals surface area contributed by atoms with E-state index >= 15 is 0 Å². The second-order valence-electron chi connectivity index (χ2n) is 3.69. The monoisotopic (exact) mass is 281 g/mol. The second-order valence-corrected chi connectivity index (χ2v) is 4.10. The molecule has 1 amide bonds. The van der Waals surface area contributed by atoms with Gasteiger partial charge in [0.2, 0.25) is 0 Å². The first-order valence-corrected chi connectivity index (χ1v) is 6.20. The number of carbonyl (C=O) groups is 1. The minimum atomic E-state index is -0.364. The molecule has 6 heteroatoms. The third kappa shape index (κ3) is 5.96. The summed E-state index contributed by atoms with van der Waals surface area (Å²) < 4.78 is 12.7. The van der Waals surface area contributed by atoms with Crippen LogP contribution in [0.5, 0.6) is 0 Å². The number of amides is 1. The van der Waals surface area contributed by atoms with Gasteiger partial charge in [-0.25, -0.2) is 4.39 Å². The molecule has 1 aromatic carbocycles. The van der Waals surface area contributed by atoms with E-state index in [0.717, 1.165) is 0 Å². The maximum Gasteiger partial charge on any atom is 0.251 e. The van der Waals surface area contributed by atoms with E-state index < -0.39 is 0 Å². The molecule has 1 rings (SSSR count). The molecule has 0 saturated carbocycles. The highest BCUT2D eigenvalue weighted by molar-refractivity contribution is 7.80. The molecule has 19 heavy (non-hydrogen) atoms. The third-order valence-corrected chi connectivity index (χ3v) is 2.50. The summed E-state index contributed by atoms with van der Waals surface area (Å²) in [7, 11) is 0. The summed E-state index contributed by atoms with van der Waals surface area (Å²) in [4.78, 5) is 11.6. The Labute approximate surface area is 117 Å². The van der Waals surface area contributed by atoms with Gasteiger partial charge in [0.15, 0.2) is 5.11 Å². The van der Waals surface area contributed by atoms with Crippen LogP contribution in [-0.4, -0.2) is 30.7 Å². The van der Waals surface area contributed by atoms with Crippen molar-refractivity contribution < 1.29 is 9.18 Å². The van der Waals surface area contributed by atoms with Gasteiger partial charge in [-0.3, -0.25) is 4.79 Å². The Morgan fingerprint density at radius 1 is 1.21 bits per heavy atom. The molecule has 4 nitrogen and oxygen atoms in total. The zero-order valence-corrected chi connectivity index (χ0v) is 11.2. The molecular formula is C13H16FN3OS. The largest absolute Gasteiger partial charge is 0.361 e. The normalized spacial score (nSPS) is 9.53. The van der Waals surface area contributed by atoms with Crippen LogP contribution in [0.25, 0.3) is 0 Å². The maximum atomic E-state index is 12.7. The molecule has 0 bridgehead atoms. The summed E-state index contributed by atoms with van der Waals surface area (Å²) in [5, 5.41) is 9.05. The van der Waals surface area contributed by atoms with Crippen LogP contribution in [0.1, 0.15) is 10.4 Å². The summed E-state index contributed by atoms with van der Waals surface area (Å²) in [5.41, 5.74) is 0.425. The third-order valence-electron chi connectivity index (χ3n) is 2.21. The molecule has 0 spiro atoms. The fourth-order valence-electron chi connectivity index (χ4n) is 1.28. The maximum absolute atomic E-state index is 12.7. The summed E-state index contributed by atoms with van der Waals surface area (Å²) in [6, 6.07) is 5.38.